The van der Waals surface area contributed by atoms with Gasteiger partial charge in [-0.15, -0.1) is 5.10 Å². The zero-order valence-electron chi connectivity index (χ0n) is 12.7. The van der Waals surface area contributed by atoms with E-state index in [2.05, 4.69) is 27.4 Å². The number of aromatic nitrogens is 3. The highest BCUT2D eigenvalue weighted by atomic mass is 16.1. The Hall–Kier alpha value is -2.50. The van der Waals surface area contributed by atoms with Crippen LogP contribution in [0.5, 0.6) is 0 Å². The van der Waals surface area contributed by atoms with Crippen LogP contribution < -0.4 is 11.1 Å². The molecule has 0 spiro atoms. The summed E-state index contributed by atoms with van der Waals surface area (Å²) in [6.07, 6.45) is 9.30. The quantitative estimate of drug-likeness (QED) is 0.766. The van der Waals surface area contributed by atoms with Gasteiger partial charge in [-0.05, 0) is 24.1 Å². The van der Waals surface area contributed by atoms with Crippen molar-refractivity contribution in [3.63, 3.8) is 0 Å². The molecule has 0 radical (unpaired) electrons. The van der Waals surface area contributed by atoms with E-state index in [1.807, 2.05) is 12.1 Å². The molecule has 3 N–H and O–H groups in total. The molecule has 0 bridgehead atoms. The van der Waals surface area contributed by atoms with Gasteiger partial charge in [-0.25, -0.2) is 0 Å². The Kier molecular flexibility index (Phi) is 5.82. The van der Waals surface area contributed by atoms with Gasteiger partial charge in [0.25, 0.3) is 5.91 Å². The van der Waals surface area contributed by atoms with Crippen molar-refractivity contribution in [3.8, 4) is 11.1 Å². The summed E-state index contributed by atoms with van der Waals surface area (Å²) in [7, 11) is 0. The van der Waals surface area contributed by atoms with Gasteiger partial charge in [0, 0.05) is 24.5 Å². The number of amides is 1. The summed E-state index contributed by atoms with van der Waals surface area (Å²) < 4.78 is 0. The predicted octanol–water partition coefficient (Wildman–Crippen LogP) is 2.43. The van der Waals surface area contributed by atoms with Crippen LogP contribution in [0.25, 0.3) is 11.1 Å². The second kappa shape index (κ2) is 8.07. The van der Waals surface area contributed by atoms with E-state index in [9.17, 15) is 4.79 Å². The van der Waals surface area contributed by atoms with E-state index in [1.165, 1.54) is 12.8 Å². The molecule has 2 aromatic rings. The first-order chi connectivity index (χ1) is 10.7. The fourth-order valence-electron chi connectivity index (χ4n) is 2.23. The first kappa shape index (κ1) is 15.9. The molecule has 0 saturated carbocycles. The SMILES string of the molecule is CCCCCCNC(=O)c1c(-c2ccncc2)cnnc1N. The van der Waals surface area contributed by atoms with Crippen LogP contribution in [-0.4, -0.2) is 27.6 Å². The third-order valence-electron chi connectivity index (χ3n) is 3.41. The molecule has 0 aliphatic heterocycles. The minimum atomic E-state index is -0.212. The Morgan fingerprint density at radius 3 is 2.73 bits per heavy atom. The molecular formula is C16H21N5O. The predicted molar refractivity (Wildman–Crippen MR) is 86.2 cm³/mol. The number of carbonyl (C=O) groups is 1. The summed E-state index contributed by atoms with van der Waals surface area (Å²) >= 11 is 0. The van der Waals surface area contributed by atoms with Gasteiger partial charge in [0.05, 0.1) is 11.8 Å². The maximum atomic E-state index is 12.4. The maximum absolute atomic E-state index is 12.4. The van der Waals surface area contributed by atoms with Crippen molar-refractivity contribution in [3.05, 3.63) is 36.3 Å². The summed E-state index contributed by atoms with van der Waals surface area (Å²) in [6.45, 7) is 2.79. The molecule has 22 heavy (non-hydrogen) atoms. The lowest BCUT2D eigenvalue weighted by Crippen LogP contribution is -2.26. The van der Waals surface area contributed by atoms with Crippen molar-refractivity contribution in [2.24, 2.45) is 0 Å². The van der Waals surface area contributed by atoms with Gasteiger partial charge in [-0.3, -0.25) is 9.78 Å². The fourth-order valence-corrected chi connectivity index (χ4v) is 2.23. The number of nitrogens with two attached hydrogens (primary N) is 1. The molecule has 1 amide bonds. The van der Waals surface area contributed by atoms with Gasteiger partial charge in [0.2, 0.25) is 0 Å². The topological polar surface area (TPSA) is 93.8 Å². The summed E-state index contributed by atoms with van der Waals surface area (Å²) in [4.78, 5) is 16.4. The van der Waals surface area contributed by atoms with Crippen LogP contribution in [0.1, 0.15) is 43.0 Å². The van der Waals surface area contributed by atoms with Crippen LogP contribution >= 0.6 is 0 Å². The second-order valence-corrected chi connectivity index (χ2v) is 5.07. The lowest BCUT2D eigenvalue weighted by Gasteiger charge is -2.11. The van der Waals surface area contributed by atoms with Crippen molar-refractivity contribution in [1.29, 1.82) is 0 Å². The molecule has 0 aromatic carbocycles. The number of nitrogens with one attached hydrogen (secondary N) is 1. The molecule has 6 heteroatoms. The standard InChI is InChI=1S/C16H21N5O/c1-2-3-4-5-8-19-16(22)14-13(11-20-21-15(14)17)12-6-9-18-10-7-12/h6-7,9-11H,2-5,8H2,1H3,(H2,17,21)(H,19,22). The van der Waals surface area contributed by atoms with Crippen molar-refractivity contribution < 1.29 is 4.79 Å². The van der Waals surface area contributed by atoms with Gasteiger partial charge in [-0.1, -0.05) is 26.2 Å². The molecule has 0 saturated heterocycles. The molecular weight excluding hydrogens is 278 g/mol. The Morgan fingerprint density at radius 1 is 1.23 bits per heavy atom. The van der Waals surface area contributed by atoms with Gasteiger partial charge in [-0.2, -0.15) is 5.10 Å². The Balaban J connectivity index is 2.14. The molecule has 2 aromatic heterocycles. The molecule has 0 fully saturated rings. The highest BCUT2D eigenvalue weighted by molar-refractivity contribution is 6.04. The lowest BCUT2D eigenvalue weighted by atomic mass is 10.0. The number of carbonyl (C=O) groups excluding carboxylic acids is 1. The molecule has 2 rings (SSSR count). The fraction of sp³-hybridized carbons (Fsp3) is 0.375. The van der Waals surface area contributed by atoms with E-state index < -0.39 is 0 Å². The van der Waals surface area contributed by atoms with Crippen LogP contribution in [-0.2, 0) is 0 Å². The Labute approximate surface area is 130 Å². The van der Waals surface area contributed by atoms with Gasteiger partial charge in [0.15, 0.2) is 5.82 Å². The molecule has 0 atom stereocenters. The average Bonchev–Trinajstić information content (AvgIpc) is 2.55. The largest absolute Gasteiger partial charge is 0.382 e. The Morgan fingerprint density at radius 2 is 2.00 bits per heavy atom. The van der Waals surface area contributed by atoms with E-state index >= 15 is 0 Å². The normalized spacial score (nSPS) is 10.4. The van der Waals surface area contributed by atoms with Crippen molar-refractivity contribution >= 4 is 11.7 Å². The zero-order valence-corrected chi connectivity index (χ0v) is 12.7. The number of nitrogens with zero attached hydrogens (tertiary/aromatic N) is 3. The molecule has 6 nitrogen and oxygen atoms in total. The summed E-state index contributed by atoms with van der Waals surface area (Å²) in [6, 6.07) is 3.63. The number of anilines is 1. The highest BCUT2D eigenvalue weighted by Crippen LogP contribution is 2.24. The number of pyridine rings is 1. The number of nitrogen functional groups attached to an aromatic ring is 1. The van der Waals surface area contributed by atoms with E-state index in [-0.39, 0.29) is 11.7 Å². The van der Waals surface area contributed by atoms with E-state index in [0.717, 1.165) is 18.4 Å². The third kappa shape index (κ3) is 4.00. The van der Waals surface area contributed by atoms with E-state index in [1.54, 1.807) is 18.6 Å². The first-order valence-electron chi connectivity index (χ1n) is 7.53. The summed E-state index contributed by atoms with van der Waals surface area (Å²) in [5, 5.41) is 10.6. The molecule has 116 valence electrons. The second-order valence-electron chi connectivity index (χ2n) is 5.07. The number of rotatable bonds is 7. The zero-order chi connectivity index (χ0) is 15.8. The van der Waals surface area contributed by atoms with Gasteiger partial charge < -0.3 is 11.1 Å². The van der Waals surface area contributed by atoms with Crippen molar-refractivity contribution in [2.75, 3.05) is 12.3 Å². The van der Waals surface area contributed by atoms with Crippen molar-refractivity contribution in [2.45, 2.75) is 32.6 Å². The van der Waals surface area contributed by atoms with Gasteiger partial charge >= 0.3 is 0 Å². The molecule has 2 heterocycles. The minimum absolute atomic E-state index is 0.139. The van der Waals surface area contributed by atoms with Crippen LogP contribution in [0.2, 0.25) is 0 Å². The minimum Gasteiger partial charge on any atom is -0.382 e. The third-order valence-corrected chi connectivity index (χ3v) is 3.41. The highest BCUT2D eigenvalue weighted by Gasteiger charge is 2.17. The van der Waals surface area contributed by atoms with E-state index in [0.29, 0.717) is 17.7 Å². The number of unbranched alkanes of at least 4 members (excludes halogenated alkanes) is 3. The molecule has 0 aliphatic rings. The van der Waals surface area contributed by atoms with Crippen LogP contribution in [0.3, 0.4) is 0 Å². The van der Waals surface area contributed by atoms with Crippen molar-refractivity contribution in [1.82, 2.24) is 20.5 Å². The molecule has 0 aliphatic carbocycles. The maximum Gasteiger partial charge on any atom is 0.255 e. The first-order valence-corrected chi connectivity index (χ1v) is 7.53. The van der Waals surface area contributed by atoms with Crippen LogP contribution in [0.15, 0.2) is 30.7 Å². The van der Waals surface area contributed by atoms with Crippen LogP contribution in [0, 0.1) is 0 Å². The molecule has 0 unspecified atom stereocenters. The van der Waals surface area contributed by atoms with Crippen LogP contribution in [0.4, 0.5) is 5.82 Å². The summed E-state index contributed by atoms with van der Waals surface area (Å²) in [5.41, 5.74) is 7.74. The van der Waals surface area contributed by atoms with Gasteiger partial charge in [0.1, 0.15) is 0 Å². The van der Waals surface area contributed by atoms with E-state index in [4.69, 9.17) is 5.73 Å². The monoisotopic (exact) mass is 299 g/mol. The smallest absolute Gasteiger partial charge is 0.255 e. The Bertz CT molecular complexity index is 615. The summed E-state index contributed by atoms with van der Waals surface area (Å²) in [5.74, 6) is -0.0731. The lowest BCUT2D eigenvalue weighted by molar-refractivity contribution is 0.0954. The average molecular weight is 299 g/mol. The number of hydrogen-bond acceptors (Lipinski definition) is 5. The number of hydrogen-bond donors (Lipinski definition) is 2.